The topological polar surface area (TPSA) is 75.3 Å². The van der Waals surface area contributed by atoms with Crippen LogP contribution < -0.4 is 10.6 Å². The van der Waals surface area contributed by atoms with Gasteiger partial charge >= 0.3 is 0 Å². The van der Waals surface area contributed by atoms with E-state index in [0.717, 1.165) is 40.3 Å². The molecule has 0 aliphatic heterocycles. The summed E-state index contributed by atoms with van der Waals surface area (Å²) >= 11 is 3.46. The Balaban J connectivity index is 0.00000261. The molecule has 0 saturated carbocycles. The maximum atomic E-state index is 5.55. The van der Waals surface area contributed by atoms with E-state index >= 15 is 0 Å². The first kappa shape index (κ1) is 21.7. The van der Waals surface area contributed by atoms with Crippen LogP contribution in [-0.4, -0.2) is 35.3 Å². The standard InChI is InChI=1S/C18H21N5OS2.HI/c1-19-17(20-8-5-10-25-18-21-9-11-26-18)22-12-15-13-24-16(23-15)14-6-3-2-4-7-14;/h2-4,6-7,9,11,13H,5,8,10,12H2,1H3,(H2,19,20,22);1H. The minimum absolute atomic E-state index is 0. The fraction of sp³-hybridized carbons (Fsp3) is 0.278. The Labute approximate surface area is 184 Å². The van der Waals surface area contributed by atoms with Gasteiger partial charge in [-0.3, -0.25) is 4.99 Å². The van der Waals surface area contributed by atoms with E-state index in [-0.39, 0.29) is 24.0 Å². The van der Waals surface area contributed by atoms with Crippen LogP contribution in [0.15, 0.2) is 61.9 Å². The third-order valence-electron chi connectivity index (χ3n) is 3.48. The number of hydrogen-bond donors (Lipinski definition) is 2. The molecule has 0 aliphatic rings. The number of nitrogens with zero attached hydrogens (tertiary/aromatic N) is 3. The maximum Gasteiger partial charge on any atom is 0.226 e. The van der Waals surface area contributed by atoms with E-state index < -0.39 is 0 Å². The number of benzene rings is 1. The summed E-state index contributed by atoms with van der Waals surface area (Å²) in [6.07, 6.45) is 4.55. The highest BCUT2D eigenvalue weighted by Crippen LogP contribution is 2.20. The SMILES string of the molecule is CN=C(NCCCSc1nccs1)NCc1coc(-c2ccccc2)n1.I. The summed E-state index contributed by atoms with van der Waals surface area (Å²) < 4.78 is 6.66. The van der Waals surface area contributed by atoms with Gasteiger partial charge in [0.05, 0.1) is 12.2 Å². The minimum Gasteiger partial charge on any atom is -0.444 e. The highest BCUT2D eigenvalue weighted by molar-refractivity contribution is 14.0. The number of oxazole rings is 1. The van der Waals surface area contributed by atoms with Crippen molar-refractivity contribution in [2.75, 3.05) is 19.3 Å². The summed E-state index contributed by atoms with van der Waals surface area (Å²) in [7, 11) is 1.76. The molecule has 0 saturated heterocycles. The summed E-state index contributed by atoms with van der Waals surface area (Å²) in [4.78, 5) is 13.0. The van der Waals surface area contributed by atoms with Crippen LogP contribution in [0.25, 0.3) is 11.5 Å². The number of guanidine groups is 1. The zero-order valence-corrected chi connectivity index (χ0v) is 18.9. The molecule has 2 aromatic heterocycles. The van der Waals surface area contributed by atoms with E-state index in [0.29, 0.717) is 12.4 Å². The van der Waals surface area contributed by atoms with Gasteiger partial charge in [-0.1, -0.05) is 30.0 Å². The molecule has 0 aliphatic carbocycles. The van der Waals surface area contributed by atoms with Gasteiger partial charge in [0.25, 0.3) is 0 Å². The van der Waals surface area contributed by atoms with Crippen molar-refractivity contribution in [1.82, 2.24) is 20.6 Å². The Hall–Kier alpha value is -1.59. The van der Waals surface area contributed by atoms with E-state index in [1.165, 1.54) is 0 Å². The van der Waals surface area contributed by atoms with Crippen molar-refractivity contribution in [2.24, 2.45) is 4.99 Å². The zero-order chi connectivity index (χ0) is 18.0. The van der Waals surface area contributed by atoms with Crippen LogP contribution in [0, 0.1) is 0 Å². The number of nitrogens with one attached hydrogen (secondary N) is 2. The summed E-state index contributed by atoms with van der Waals surface area (Å²) in [5.74, 6) is 2.42. The molecule has 27 heavy (non-hydrogen) atoms. The molecule has 9 heteroatoms. The van der Waals surface area contributed by atoms with Crippen molar-refractivity contribution >= 4 is 53.0 Å². The second kappa shape index (κ2) is 12.0. The highest BCUT2D eigenvalue weighted by Gasteiger charge is 2.07. The van der Waals surface area contributed by atoms with Crippen LogP contribution >= 0.6 is 47.1 Å². The predicted molar refractivity (Wildman–Crippen MR) is 123 cm³/mol. The van der Waals surface area contributed by atoms with Gasteiger partial charge in [0.15, 0.2) is 5.96 Å². The first-order chi connectivity index (χ1) is 12.8. The lowest BCUT2D eigenvalue weighted by Gasteiger charge is -2.10. The van der Waals surface area contributed by atoms with Crippen LogP contribution in [0.5, 0.6) is 0 Å². The molecule has 144 valence electrons. The van der Waals surface area contributed by atoms with Crippen molar-refractivity contribution in [3.8, 4) is 11.5 Å². The zero-order valence-electron chi connectivity index (χ0n) is 14.9. The number of rotatable bonds is 8. The first-order valence-electron chi connectivity index (χ1n) is 8.32. The average Bonchev–Trinajstić information content (AvgIpc) is 3.36. The highest BCUT2D eigenvalue weighted by atomic mass is 127. The summed E-state index contributed by atoms with van der Waals surface area (Å²) in [5.41, 5.74) is 1.81. The van der Waals surface area contributed by atoms with Crippen molar-refractivity contribution in [3.63, 3.8) is 0 Å². The van der Waals surface area contributed by atoms with Gasteiger partial charge in [-0.05, 0) is 18.6 Å². The van der Waals surface area contributed by atoms with Gasteiger partial charge in [-0.15, -0.1) is 35.3 Å². The Morgan fingerprint density at radius 2 is 2.11 bits per heavy atom. The lowest BCUT2D eigenvalue weighted by molar-refractivity contribution is 0.572. The second-order valence-corrected chi connectivity index (χ2v) is 7.60. The van der Waals surface area contributed by atoms with E-state index in [4.69, 9.17) is 4.42 Å². The molecule has 2 heterocycles. The Bertz CT molecular complexity index is 808. The molecule has 0 atom stereocenters. The van der Waals surface area contributed by atoms with Gasteiger partial charge in [-0.2, -0.15) is 0 Å². The average molecular weight is 515 g/mol. The molecule has 0 spiro atoms. The number of halogens is 1. The van der Waals surface area contributed by atoms with Gasteiger partial charge in [0, 0.05) is 36.5 Å². The van der Waals surface area contributed by atoms with Crippen LogP contribution in [-0.2, 0) is 6.54 Å². The van der Waals surface area contributed by atoms with Crippen LogP contribution in [0.3, 0.4) is 0 Å². The second-order valence-electron chi connectivity index (χ2n) is 5.36. The van der Waals surface area contributed by atoms with Gasteiger partial charge in [-0.25, -0.2) is 9.97 Å². The molecule has 0 fully saturated rings. The minimum atomic E-state index is 0. The summed E-state index contributed by atoms with van der Waals surface area (Å²) in [6, 6.07) is 9.87. The first-order valence-corrected chi connectivity index (χ1v) is 10.2. The Morgan fingerprint density at radius 1 is 1.26 bits per heavy atom. The summed E-state index contributed by atoms with van der Waals surface area (Å²) in [6.45, 7) is 1.41. The molecule has 0 bridgehead atoms. The smallest absolute Gasteiger partial charge is 0.226 e. The molecule has 2 N–H and O–H groups in total. The third-order valence-corrected chi connectivity index (χ3v) is 5.53. The molecule has 0 unspecified atom stereocenters. The van der Waals surface area contributed by atoms with E-state index in [2.05, 4.69) is 25.6 Å². The lowest BCUT2D eigenvalue weighted by Crippen LogP contribution is -2.37. The molecule has 1 aromatic carbocycles. The number of thioether (sulfide) groups is 1. The fourth-order valence-electron chi connectivity index (χ4n) is 2.22. The van der Waals surface area contributed by atoms with Crippen LogP contribution in [0.1, 0.15) is 12.1 Å². The van der Waals surface area contributed by atoms with Crippen molar-refractivity contribution < 1.29 is 4.42 Å². The molecule has 0 radical (unpaired) electrons. The molecule has 6 nitrogen and oxygen atoms in total. The van der Waals surface area contributed by atoms with Gasteiger partial charge in [0.2, 0.25) is 5.89 Å². The maximum absolute atomic E-state index is 5.55. The van der Waals surface area contributed by atoms with Crippen molar-refractivity contribution in [1.29, 1.82) is 0 Å². The van der Waals surface area contributed by atoms with Crippen molar-refractivity contribution in [3.05, 3.63) is 53.9 Å². The van der Waals surface area contributed by atoms with Gasteiger partial charge < -0.3 is 15.1 Å². The third kappa shape index (κ3) is 7.15. The number of aromatic nitrogens is 2. The molecular weight excluding hydrogens is 493 g/mol. The lowest BCUT2D eigenvalue weighted by atomic mass is 10.2. The van der Waals surface area contributed by atoms with Crippen LogP contribution in [0.4, 0.5) is 0 Å². The molecular formula is C18H22IN5OS2. The number of hydrogen-bond acceptors (Lipinski definition) is 6. The monoisotopic (exact) mass is 515 g/mol. The predicted octanol–water partition coefficient (Wildman–Crippen LogP) is 4.26. The molecule has 3 aromatic rings. The summed E-state index contributed by atoms with van der Waals surface area (Å²) in [5, 5.41) is 8.56. The normalized spacial score (nSPS) is 11.1. The van der Waals surface area contributed by atoms with Gasteiger partial charge in [0.1, 0.15) is 10.6 Å². The van der Waals surface area contributed by atoms with Crippen LogP contribution in [0.2, 0.25) is 0 Å². The quantitative estimate of drug-likeness (QED) is 0.154. The number of aliphatic imine (C=N–C) groups is 1. The van der Waals surface area contributed by atoms with E-state index in [1.807, 2.05) is 41.9 Å². The largest absolute Gasteiger partial charge is 0.444 e. The Kier molecular flexibility index (Phi) is 9.64. The number of thiazole rings is 1. The molecule has 0 amide bonds. The molecule has 3 rings (SSSR count). The Morgan fingerprint density at radius 3 is 2.85 bits per heavy atom. The fourth-order valence-corrected chi connectivity index (χ4v) is 3.86. The van der Waals surface area contributed by atoms with E-state index in [9.17, 15) is 0 Å². The van der Waals surface area contributed by atoms with Crippen molar-refractivity contribution in [2.45, 2.75) is 17.3 Å². The van der Waals surface area contributed by atoms with E-state index in [1.54, 1.807) is 36.4 Å².